The minimum atomic E-state index is -0.0540. The topological polar surface area (TPSA) is 40.6 Å². The van der Waals surface area contributed by atoms with E-state index in [2.05, 4.69) is 39.8 Å². The van der Waals surface area contributed by atoms with Crippen LogP contribution in [0.25, 0.3) is 0 Å². The van der Waals surface area contributed by atoms with Crippen molar-refractivity contribution in [3.63, 3.8) is 0 Å². The highest BCUT2D eigenvalue weighted by Gasteiger charge is 2.39. The summed E-state index contributed by atoms with van der Waals surface area (Å²) in [6, 6.07) is 18.2. The molecule has 4 nitrogen and oxygen atoms in total. The van der Waals surface area contributed by atoms with Crippen LogP contribution in [0.4, 0.5) is 5.69 Å². The molecular weight excluding hydrogens is 396 g/mol. The normalized spacial score (nSPS) is 19.4. The fraction of sp³-hybridized carbons (Fsp3) is 0.500. The molecule has 174 valence electrons. The van der Waals surface area contributed by atoms with Gasteiger partial charge in [-0.2, -0.15) is 0 Å². The summed E-state index contributed by atoms with van der Waals surface area (Å²) >= 11 is 0. The number of hydrogen-bond donors (Lipinski definition) is 0. The van der Waals surface area contributed by atoms with Gasteiger partial charge in [-0.25, -0.2) is 0 Å². The Labute approximate surface area is 194 Å². The lowest BCUT2D eigenvalue weighted by atomic mass is 9.95. The number of hydrogen-bond acceptors (Lipinski definition) is 2. The Morgan fingerprint density at radius 3 is 2.12 bits per heavy atom. The summed E-state index contributed by atoms with van der Waals surface area (Å²) < 4.78 is 0. The molecule has 4 heteroatoms. The maximum absolute atomic E-state index is 13.2. The third-order valence-corrected chi connectivity index (χ3v) is 5.54. The van der Waals surface area contributed by atoms with Crippen LogP contribution in [0.2, 0.25) is 0 Å². The van der Waals surface area contributed by atoms with Crippen LogP contribution in [-0.2, 0) is 16.1 Å². The first-order chi connectivity index (χ1) is 15.4. The van der Waals surface area contributed by atoms with Gasteiger partial charge in [0.05, 0.1) is 6.04 Å². The van der Waals surface area contributed by atoms with E-state index in [-0.39, 0.29) is 23.9 Å². The van der Waals surface area contributed by atoms with Crippen LogP contribution >= 0.6 is 0 Å². The molecule has 0 radical (unpaired) electrons. The van der Waals surface area contributed by atoms with E-state index >= 15 is 0 Å². The highest BCUT2D eigenvalue weighted by molar-refractivity contribution is 5.97. The fourth-order valence-corrected chi connectivity index (χ4v) is 3.90. The van der Waals surface area contributed by atoms with E-state index in [1.54, 1.807) is 0 Å². The summed E-state index contributed by atoms with van der Waals surface area (Å²) in [5.41, 5.74) is 3.22. The van der Waals surface area contributed by atoms with Gasteiger partial charge in [-0.15, -0.1) is 0 Å². The van der Waals surface area contributed by atoms with Crippen molar-refractivity contribution >= 4 is 18.0 Å². The molecule has 2 aliphatic rings. The maximum atomic E-state index is 13.2. The minimum Gasteiger partial charge on any atom is -0.338 e. The second-order valence-corrected chi connectivity index (χ2v) is 9.13. The van der Waals surface area contributed by atoms with Gasteiger partial charge in [-0.3, -0.25) is 9.59 Å². The fourth-order valence-electron chi connectivity index (χ4n) is 3.90. The summed E-state index contributed by atoms with van der Waals surface area (Å²) in [6.07, 6.45) is 3.63. The number of rotatable bonds is 4. The largest absolute Gasteiger partial charge is 0.338 e. The average molecular weight is 437 g/mol. The summed E-state index contributed by atoms with van der Waals surface area (Å²) in [5.74, 6) is 1.19. The van der Waals surface area contributed by atoms with Crippen molar-refractivity contribution in [2.24, 2.45) is 11.8 Å². The SMILES string of the molecule is CC.CC(C)C.CC1CC(N(C(=O)C2CC2)c2ccccc2)c2ccccc2CN1C=O. The van der Waals surface area contributed by atoms with Crippen molar-refractivity contribution in [1.82, 2.24) is 4.90 Å². The zero-order valence-corrected chi connectivity index (χ0v) is 20.6. The highest BCUT2D eigenvalue weighted by Crippen LogP contribution is 2.41. The van der Waals surface area contributed by atoms with Crippen LogP contribution < -0.4 is 4.90 Å². The quantitative estimate of drug-likeness (QED) is 0.506. The van der Waals surface area contributed by atoms with Gasteiger partial charge in [0.15, 0.2) is 0 Å². The van der Waals surface area contributed by atoms with E-state index in [1.165, 1.54) is 0 Å². The first-order valence-electron chi connectivity index (χ1n) is 12.1. The zero-order chi connectivity index (χ0) is 23.7. The number of anilines is 1. The van der Waals surface area contributed by atoms with E-state index in [1.807, 2.05) is 66.1 Å². The maximum Gasteiger partial charge on any atom is 0.230 e. The van der Waals surface area contributed by atoms with Gasteiger partial charge in [-0.1, -0.05) is 77.1 Å². The van der Waals surface area contributed by atoms with E-state index in [4.69, 9.17) is 0 Å². The Kier molecular flexibility index (Phi) is 9.96. The molecular formula is C28H40N2O2. The summed E-state index contributed by atoms with van der Waals surface area (Å²) in [7, 11) is 0. The number of carbonyl (C=O) groups is 2. The van der Waals surface area contributed by atoms with Crippen LogP contribution in [0.1, 0.15) is 78.0 Å². The lowest BCUT2D eigenvalue weighted by Gasteiger charge is -2.34. The predicted molar refractivity (Wildman–Crippen MR) is 133 cm³/mol. The number of amides is 2. The number of carbonyl (C=O) groups excluding carboxylic acids is 2. The van der Waals surface area contributed by atoms with Crippen molar-refractivity contribution in [2.45, 2.75) is 79.4 Å². The second kappa shape index (κ2) is 12.4. The number of fused-ring (bicyclic) bond motifs is 1. The number of nitrogens with zero attached hydrogens (tertiary/aromatic N) is 2. The van der Waals surface area contributed by atoms with Gasteiger partial charge in [0, 0.05) is 24.2 Å². The molecule has 1 saturated carbocycles. The Morgan fingerprint density at radius 2 is 1.56 bits per heavy atom. The summed E-state index contributed by atoms with van der Waals surface area (Å²) in [6.45, 7) is 13.2. The zero-order valence-electron chi connectivity index (χ0n) is 20.6. The molecule has 1 aliphatic heterocycles. The molecule has 0 saturated heterocycles. The monoisotopic (exact) mass is 436 g/mol. The molecule has 2 aromatic rings. The predicted octanol–water partition coefficient (Wildman–Crippen LogP) is 6.61. The van der Waals surface area contributed by atoms with Gasteiger partial charge in [-0.05, 0) is 55.4 Å². The smallest absolute Gasteiger partial charge is 0.230 e. The van der Waals surface area contributed by atoms with Crippen LogP contribution in [-0.4, -0.2) is 23.3 Å². The molecule has 2 amide bonds. The standard InChI is InChI=1S/C22H24N2O2.C4H10.C2H6/c1-16-13-21(20-10-6-5-7-18(20)14-23(16)15-25)24(22(26)17-11-12-17)19-8-3-2-4-9-19;1-4(2)3;1-2/h2-10,15-17,21H,11-14H2,1H3;4H,1-3H3;1-2H3. The van der Waals surface area contributed by atoms with Crippen molar-refractivity contribution in [3.8, 4) is 0 Å². The van der Waals surface area contributed by atoms with Crippen molar-refractivity contribution < 1.29 is 9.59 Å². The van der Waals surface area contributed by atoms with Gasteiger partial charge in [0.25, 0.3) is 0 Å². The van der Waals surface area contributed by atoms with Crippen LogP contribution in [0, 0.1) is 11.8 Å². The summed E-state index contributed by atoms with van der Waals surface area (Å²) in [4.78, 5) is 28.6. The van der Waals surface area contributed by atoms with Crippen molar-refractivity contribution in [1.29, 1.82) is 0 Å². The Morgan fingerprint density at radius 1 is 1.00 bits per heavy atom. The molecule has 0 N–H and O–H groups in total. The van der Waals surface area contributed by atoms with Gasteiger partial charge >= 0.3 is 0 Å². The molecule has 0 spiro atoms. The van der Waals surface area contributed by atoms with Crippen LogP contribution in [0.5, 0.6) is 0 Å². The molecule has 4 rings (SSSR count). The lowest BCUT2D eigenvalue weighted by Crippen LogP contribution is -2.39. The average Bonchev–Trinajstić information content (AvgIpc) is 3.65. The molecule has 1 fully saturated rings. The molecule has 2 atom stereocenters. The Hall–Kier alpha value is -2.62. The van der Waals surface area contributed by atoms with Crippen LogP contribution in [0.15, 0.2) is 54.6 Å². The molecule has 2 aromatic carbocycles. The van der Waals surface area contributed by atoms with Gasteiger partial charge in [0.1, 0.15) is 0 Å². The van der Waals surface area contributed by atoms with Gasteiger partial charge in [0.2, 0.25) is 12.3 Å². The molecule has 1 aliphatic carbocycles. The molecule has 1 heterocycles. The van der Waals surface area contributed by atoms with Gasteiger partial charge < -0.3 is 9.80 Å². The third-order valence-electron chi connectivity index (χ3n) is 5.54. The second-order valence-electron chi connectivity index (χ2n) is 9.13. The third kappa shape index (κ3) is 6.69. The molecule has 0 aromatic heterocycles. The summed E-state index contributed by atoms with van der Waals surface area (Å²) in [5, 5.41) is 0. The minimum absolute atomic E-state index is 0.0540. The molecule has 0 bridgehead atoms. The van der Waals surface area contributed by atoms with E-state index < -0.39 is 0 Å². The number of benzene rings is 2. The molecule has 2 unspecified atom stereocenters. The first kappa shape index (κ1) is 25.6. The number of para-hydroxylation sites is 1. The first-order valence-corrected chi connectivity index (χ1v) is 12.1. The lowest BCUT2D eigenvalue weighted by molar-refractivity contribution is -0.120. The van der Waals surface area contributed by atoms with Crippen molar-refractivity contribution in [2.75, 3.05) is 4.90 Å². The Bertz CT molecular complexity index is 843. The highest BCUT2D eigenvalue weighted by atomic mass is 16.2. The van der Waals surface area contributed by atoms with E-state index in [0.717, 1.165) is 48.4 Å². The van der Waals surface area contributed by atoms with E-state index in [0.29, 0.717) is 6.54 Å². The van der Waals surface area contributed by atoms with Crippen LogP contribution in [0.3, 0.4) is 0 Å². The van der Waals surface area contributed by atoms with E-state index in [9.17, 15) is 9.59 Å². The molecule has 32 heavy (non-hydrogen) atoms. The Balaban J connectivity index is 0.000000547. The van der Waals surface area contributed by atoms with Crippen molar-refractivity contribution in [3.05, 3.63) is 65.7 Å².